The van der Waals surface area contributed by atoms with Crippen molar-refractivity contribution in [3.05, 3.63) is 23.8 Å². The lowest BCUT2D eigenvalue weighted by Gasteiger charge is -2.21. The molecule has 0 aliphatic heterocycles. The third-order valence-electron chi connectivity index (χ3n) is 2.97. The number of halogens is 2. The number of nitrogens with zero attached hydrogens (tertiary/aromatic N) is 1. The first-order chi connectivity index (χ1) is 10.2. The van der Waals surface area contributed by atoms with Crippen LogP contribution in [-0.4, -0.2) is 38.1 Å². The maximum Gasteiger partial charge on any atom is 0.252 e. The highest BCUT2D eigenvalue weighted by Crippen LogP contribution is 2.23. The molecule has 0 saturated carbocycles. The molecule has 0 unspecified atom stereocenters. The van der Waals surface area contributed by atoms with Crippen LogP contribution in [0, 0.1) is 6.92 Å². The quantitative estimate of drug-likeness (QED) is 0.833. The minimum absolute atomic E-state index is 0.00994. The molecule has 0 aliphatic carbocycles. The number of sulfonamides is 1. The van der Waals surface area contributed by atoms with E-state index in [1.165, 1.54) is 25.1 Å². The highest BCUT2D eigenvalue weighted by molar-refractivity contribution is 7.89. The molecule has 22 heavy (non-hydrogen) atoms. The zero-order valence-corrected chi connectivity index (χ0v) is 13.6. The number of hydrogen-bond acceptors (Lipinski definition) is 3. The van der Waals surface area contributed by atoms with E-state index in [-0.39, 0.29) is 17.3 Å². The van der Waals surface area contributed by atoms with Gasteiger partial charge in [0.2, 0.25) is 15.9 Å². The molecule has 0 saturated heterocycles. The Bertz CT molecular complexity index is 633. The maximum absolute atomic E-state index is 12.6. The second kappa shape index (κ2) is 7.64. The normalized spacial score (nSPS) is 12.0. The number of carbonyl (C=O) groups is 1. The van der Waals surface area contributed by atoms with E-state index in [1.54, 1.807) is 13.8 Å². The van der Waals surface area contributed by atoms with Gasteiger partial charge in [0.15, 0.2) is 0 Å². The first-order valence-electron chi connectivity index (χ1n) is 6.85. The third-order valence-corrected chi connectivity index (χ3v) is 4.83. The van der Waals surface area contributed by atoms with E-state index >= 15 is 0 Å². The Morgan fingerprint density at radius 3 is 2.50 bits per heavy atom. The zero-order valence-electron chi connectivity index (χ0n) is 12.8. The molecule has 0 heterocycles. The highest BCUT2D eigenvalue weighted by atomic mass is 32.2. The van der Waals surface area contributed by atoms with Crippen LogP contribution in [0.1, 0.15) is 25.8 Å². The average Bonchev–Trinajstić information content (AvgIpc) is 2.39. The molecular weight excluding hydrogens is 314 g/mol. The molecule has 0 aliphatic rings. The lowest BCUT2D eigenvalue weighted by molar-refractivity contribution is -0.114. The number of alkyl halides is 2. The summed E-state index contributed by atoms with van der Waals surface area (Å²) in [5.74, 6) is -0.337. The van der Waals surface area contributed by atoms with E-state index in [9.17, 15) is 22.0 Å². The molecule has 1 N–H and O–H groups in total. The zero-order chi connectivity index (χ0) is 16.9. The molecule has 0 radical (unpaired) electrons. The summed E-state index contributed by atoms with van der Waals surface area (Å²) in [7, 11) is -4.03. The fourth-order valence-electron chi connectivity index (χ4n) is 1.95. The molecule has 0 fully saturated rings. The van der Waals surface area contributed by atoms with Gasteiger partial charge in [0, 0.05) is 19.2 Å². The summed E-state index contributed by atoms with van der Waals surface area (Å²) in [6, 6.07) is 4.18. The fourth-order valence-corrected chi connectivity index (χ4v) is 3.48. The molecule has 1 amide bonds. The third kappa shape index (κ3) is 4.74. The van der Waals surface area contributed by atoms with Crippen molar-refractivity contribution in [3.63, 3.8) is 0 Å². The lowest BCUT2D eigenvalue weighted by atomic mass is 10.2. The van der Waals surface area contributed by atoms with Crippen LogP contribution in [0.4, 0.5) is 14.5 Å². The standard InChI is InChI=1S/C14H20F2N2O3S/c1-4-7-18(9-14(15)16)22(20,21)12-6-5-10(2)13(8-12)17-11(3)19/h5-6,8,14H,4,7,9H2,1-3H3,(H,17,19). The van der Waals surface area contributed by atoms with Gasteiger partial charge in [-0.25, -0.2) is 17.2 Å². The Kier molecular flexibility index (Phi) is 6.43. The molecule has 1 aromatic carbocycles. The van der Waals surface area contributed by atoms with Crippen molar-refractivity contribution >= 4 is 21.6 Å². The smallest absolute Gasteiger partial charge is 0.252 e. The molecule has 0 bridgehead atoms. The van der Waals surface area contributed by atoms with Gasteiger partial charge in [0.25, 0.3) is 6.43 Å². The molecule has 0 atom stereocenters. The Morgan fingerprint density at radius 1 is 1.36 bits per heavy atom. The van der Waals surface area contributed by atoms with E-state index in [1.807, 2.05) is 0 Å². The number of aryl methyl sites for hydroxylation is 1. The van der Waals surface area contributed by atoms with Crippen LogP contribution in [0.2, 0.25) is 0 Å². The largest absolute Gasteiger partial charge is 0.326 e. The lowest BCUT2D eigenvalue weighted by Crippen LogP contribution is -2.35. The van der Waals surface area contributed by atoms with Gasteiger partial charge in [-0.05, 0) is 31.0 Å². The summed E-state index contributed by atoms with van der Waals surface area (Å²) in [5.41, 5.74) is 1.03. The van der Waals surface area contributed by atoms with Crippen LogP contribution in [0.3, 0.4) is 0 Å². The Balaban J connectivity index is 3.22. The average molecular weight is 334 g/mol. The second-order valence-electron chi connectivity index (χ2n) is 4.91. The van der Waals surface area contributed by atoms with Crippen molar-refractivity contribution in [1.82, 2.24) is 4.31 Å². The van der Waals surface area contributed by atoms with Gasteiger partial charge in [-0.15, -0.1) is 0 Å². The molecule has 8 heteroatoms. The number of rotatable bonds is 7. The molecule has 5 nitrogen and oxygen atoms in total. The van der Waals surface area contributed by atoms with Gasteiger partial charge in [0.05, 0.1) is 11.4 Å². The van der Waals surface area contributed by atoms with Gasteiger partial charge in [0.1, 0.15) is 0 Å². The minimum Gasteiger partial charge on any atom is -0.326 e. The van der Waals surface area contributed by atoms with E-state index in [4.69, 9.17) is 0 Å². The van der Waals surface area contributed by atoms with Gasteiger partial charge < -0.3 is 5.32 Å². The fraction of sp³-hybridized carbons (Fsp3) is 0.500. The van der Waals surface area contributed by atoms with Gasteiger partial charge >= 0.3 is 0 Å². The van der Waals surface area contributed by atoms with Crippen molar-refractivity contribution in [3.8, 4) is 0 Å². The molecular formula is C14H20F2N2O3S. The second-order valence-corrected chi connectivity index (χ2v) is 6.85. The van der Waals surface area contributed by atoms with Crippen LogP contribution < -0.4 is 5.32 Å². The van der Waals surface area contributed by atoms with E-state index < -0.39 is 23.0 Å². The topological polar surface area (TPSA) is 66.5 Å². The number of nitrogens with one attached hydrogen (secondary N) is 1. The predicted octanol–water partition coefficient (Wildman–Crippen LogP) is 2.62. The van der Waals surface area contributed by atoms with Gasteiger partial charge in [-0.3, -0.25) is 4.79 Å². The van der Waals surface area contributed by atoms with Gasteiger partial charge in [-0.2, -0.15) is 4.31 Å². The van der Waals surface area contributed by atoms with Crippen LogP contribution in [-0.2, 0) is 14.8 Å². The Labute approximate surface area is 129 Å². The predicted molar refractivity (Wildman–Crippen MR) is 80.5 cm³/mol. The van der Waals surface area contributed by atoms with Crippen LogP contribution in [0.15, 0.2) is 23.1 Å². The molecule has 1 aromatic rings. The first kappa shape index (κ1) is 18.5. The number of carbonyl (C=O) groups excluding carboxylic acids is 1. The highest BCUT2D eigenvalue weighted by Gasteiger charge is 2.27. The maximum atomic E-state index is 12.6. The molecule has 1 rings (SSSR count). The Morgan fingerprint density at radius 2 is 2.00 bits per heavy atom. The summed E-state index contributed by atoms with van der Waals surface area (Å²) < 4.78 is 51.0. The first-order valence-corrected chi connectivity index (χ1v) is 8.29. The van der Waals surface area contributed by atoms with Crippen LogP contribution in [0.25, 0.3) is 0 Å². The van der Waals surface area contributed by atoms with Gasteiger partial charge in [-0.1, -0.05) is 13.0 Å². The summed E-state index contributed by atoms with van der Waals surface area (Å²) in [6.07, 6.45) is -2.32. The van der Waals surface area contributed by atoms with Crippen molar-refractivity contribution in [2.24, 2.45) is 0 Å². The van der Waals surface area contributed by atoms with E-state index in [2.05, 4.69) is 5.32 Å². The number of amides is 1. The van der Waals surface area contributed by atoms with E-state index in [0.29, 0.717) is 17.7 Å². The summed E-state index contributed by atoms with van der Waals surface area (Å²) in [6.45, 7) is 3.90. The molecule has 0 aromatic heterocycles. The minimum atomic E-state index is -4.03. The monoisotopic (exact) mass is 334 g/mol. The molecule has 0 spiro atoms. The summed E-state index contributed by atoms with van der Waals surface area (Å²) >= 11 is 0. The van der Waals surface area contributed by atoms with Crippen LogP contribution >= 0.6 is 0 Å². The SMILES string of the molecule is CCCN(CC(F)F)S(=O)(=O)c1ccc(C)c(NC(C)=O)c1. The van der Waals surface area contributed by atoms with Crippen LogP contribution in [0.5, 0.6) is 0 Å². The summed E-state index contributed by atoms with van der Waals surface area (Å²) in [4.78, 5) is 11.0. The van der Waals surface area contributed by atoms with E-state index in [0.717, 1.165) is 4.31 Å². The van der Waals surface area contributed by atoms with Crippen molar-refractivity contribution in [2.45, 2.75) is 38.5 Å². The summed E-state index contributed by atoms with van der Waals surface area (Å²) in [5, 5.41) is 2.53. The van der Waals surface area contributed by atoms with Crippen molar-refractivity contribution in [1.29, 1.82) is 0 Å². The number of hydrogen-bond donors (Lipinski definition) is 1. The van der Waals surface area contributed by atoms with Crippen molar-refractivity contribution < 1.29 is 22.0 Å². The number of benzene rings is 1. The Hall–Kier alpha value is -1.54. The number of anilines is 1. The molecule has 124 valence electrons. The van der Waals surface area contributed by atoms with Crippen molar-refractivity contribution in [2.75, 3.05) is 18.4 Å².